The van der Waals surface area contributed by atoms with E-state index in [0.717, 1.165) is 29.5 Å². The Balaban J connectivity index is 1.88. The van der Waals surface area contributed by atoms with Crippen LogP contribution < -0.4 is 0 Å². The van der Waals surface area contributed by atoms with Gasteiger partial charge in [-0.25, -0.2) is 0 Å². The van der Waals surface area contributed by atoms with Gasteiger partial charge in [-0.3, -0.25) is 10.1 Å². The zero-order chi connectivity index (χ0) is 15.2. The Morgan fingerprint density at radius 1 is 1.14 bits per heavy atom. The second-order valence-corrected chi connectivity index (χ2v) is 5.86. The molecule has 0 fully saturated rings. The van der Waals surface area contributed by atoms with E-state index in [-0.39, 0.29) is 10.6 Å². The molecule has 0 saturated heterocycles. The topological polar surface area (TPSA) is 46.4 Å². The number of hydrogen-bond acceptors (Lipinski definition) is 3. The maximum atomic E-state index is 10.6. The molecule has 0 bridgehead atoms. The van der Waals surface area contributed by atoms with E-state index in [1.54, 1.807) is 12.1 Å². The van der Waals surface area contributed by atoms with Crippen molar-refractivity contribution in [3.63, 3.8) is 0 Å². The molecule has 0 radical (unpaired) electrons. The molecule has 21 heavy (non-hydrogen) atoms. The Morgan fingerprint density at radius 2 is 1.81 bits per heavy atom. The first-order chi connectivity index (χ1) is 10.1. The summed E-state index contributed by atoms with van der Waals surface area (Å²) in [6.07, 6.45) is 0.874. The first-order valence-corrected chi connectivity index (χ1v) is 7.51. The largest absolute Gasteiger partial charge is 0.302 e. The zero-order valence-corrected chi connectivity index (χ0v) is 13.4. The second-order valence-electron chi connectivity index (χ2n) is 5.00. The minimum Gasteiger partial charge on any atom is -0.302 e. The Bertz CT molecular complexity index is 614. The predicted octanol–water partition coefficient (Wildman–Crippen LogP) is 4.03. The van der Waals surface area contributed by atoms with Crippen LogP contribution in [0.3, 0.4) is 0 Å². The van der Waals surface area contributed by atoms with Crippen LogP contribution in [0.25, 0.3) is 0 Å². The highest BCUT2D eigenvalue weighted by Gasteiger charge is 2.06. The number of nitro groups is 1. The van der Waals surface area contributed by atoms with Gasteiger partial charge in [0.2, 0.25) is 0 Å². The van der Waals surface area contributed by atoms with Crippen LogP contribution in [0.15, 0.2) is 53.0 Å². The molecule has 0 aliphatic heterocycles. The number of nitrogens with zero attached hydrogens (tertiary/aromatic N) is 2. The van der Waals surface area contributed by atoms with E-state index >= 15 is 0 Å². The van der Waals surface area contributed by atoms with Gasteiger partial charge >= 0.3 is 0 Å². The summed E-state index contributed by atoms with van der Waals surface area (Å²) < 4.78 is 1.12. The highest BCUT2D eigenvalue weighted by atomic mass is 79.9. The average molecular weight is 349 g/mol. The number of nitro benzene ring substituents is 1. The van der Waals surface area contributed by atoms with Gasteiger partial charge in [0.15, 0.2) is 0 Å². The van der Waals surface area contributed by atoms with Crippen LogP contribution in [-0.4, -0.2) is 23.4 Å². The predicted molar refractivity (Wildman–Crippen MR) is 87.3 cm³/mol. The van der Waals surface area contributed by atoms with Crippen molar-refractivity contribution >= 4 is 21.6 Å². The molecule has 0 aromatic heterocycles. The van der Waals surface area contributed by atoms with Crippen molar-refractivity contribution in [3.8, 4) is 0 Å². The molecule has 0 heterocycles. The summed E-state index contributed by atoms with van der Waals surface area (Å²) in [5.74, 6) is 0. The fourth-order valence-electron chi connectivity index (χ4n) is 2.10. The Hall–Kier alpha value is -1.72. The van der Waals surface area contributed by atoms with E-state index in [0.29, 0.717) is 0 Å². The maximum absolute atomic E-state index is 10.6. The second kappa shape index (κ2) is 7.33. The molecule has 2 aromatic rings. The summed E-state index contributed by atoms with van der Waals surface area (Å²) in [6, 6.07) is 14.9. The molecule has 2 aromatic carbocycles. The molecular formula is C16H17BrN2O2. The van der Waals surface area contributed by atoms with Gasteiger partial charge in [-0.15, -0.1) is 0 Å². The van der Waals surface area contributed by atoms with E-state index in [2.05, 4.69) is 33.9 Å². The number of hydrogen-bond donors (Lipinski definition) is 0. The lowest BCUT2D eigenvalue weighted by atomic mass is 10.1. The SMILES string of the molecule is CN(CCc1ccc([N+](=O)[O-])cc1)Cc1ccccc1Br. The first-order valence-electron chi connectivity index (χ1n) is 6.71. The molecular weight excluding hydrogens is 332 g/mol. The van der Waals surface area contributed by atoms with Crippen LogP contribution >= 0.6 is 15.9 Å². The molecule has 0 unspecified atom stereocenters. The van der Waals surface area contributed by atoms with Gasteiger partial charge in [-0.1, -0.05) is 46.3 Å². The third kappa shape index (κ3) is 4.65. The first kappa shape index (κ1) is 15.7. The Kier molecular flexibility index (Phi) is 5.47. The minimum absolute atomic E-state index is 0.139. The number of non-ortho nitro benzene ring substituents is 1. The lowest BCUT2D eigenvalue weighted by Crippen LogP contribution is -2.20. The fourth-order valence-corrected chi connectivity index (χ4v) is 2.51. The summed E-state index contributed by atoms with van der Waals surface area (Å²) in [5, 5.41) is 10.6. The van der Waals surface area contributed by atoms with Gasteiger partial charge in [0.1, 0.15) is 0 Å². The van der Waals surface area contributed by atoms with Gasteiger partial charge < -0.3 is 4.90 Å². The third-order valence-electron chi connectivity index (χ3n) is 3.33. The lowest BCUT2D eigenvalue weighted by Gasteiger charge is -2.17. The number of likely N-dealkylation sites (N-methyl/N-ethyl adjacent to an activating group) is 1. The van der Waals surface area contributed by atoms with Crippen molar-refractivity contribution in [2.75, 3.05) is 13.6 Å². The van der Waals surface area contributed by atoms with Crippen molar-refractivity contribution in [1.82, 2.24) is 4.90 Å². The highest BCUT2D eigenvalue weighted by Crippen LogP contribution is 2.17. The molecule has 4 nitrogen and oxygen atoms in total. The molecule has 0 atom stereocenters. The van der Waals surface area contributed by atoms with Crippen LogP contribution in [0, 0.1) is 10.1 Å². The zero-order valence-electron chi connectivity index (χ0n) is 11.8. The molecule has 0 N–H and O–H groups in total. The molecule has 0 saturated carbocycles. The smallest absolute Gasteiger partial charge is 0.269 e. The van der Waals surface area contributed by atoms with Crippen LogP contribution in [0.4, 0.5) is 5.69 Å². The van der Waals surface area contributed by atoms with Crippen molar-refractivity contribution < 1.29 is 4.92 Å². The van der Waals surface area contributed by atoms with Crippen LogP contribution in [0.1, 0.15) is 11.1 Å². The normalized spacial score (nSPS) is 10.8. The lowest BCUT2D eigenvalue weighted by molar-refractivity contribution is -0.384. The van der Waals surface area contributed by atoms with E-state index in [9.17, 15) is 10.1 Å². The summed E-state index contributed by atoms with van der Waals surface area (Å²) >= 11 is 3.55. The summed E-state index contributed by atoms with van der Waals surface area (Å²) in [5.41, 5.74) is 2.50. The standard InChI is InChI=1S/C16H17BrN2O2/c1-18(12-14-4-2-3-5-16(14)17)11-10-13-6-8-15(9-7-13)19(20)21/h2-9H,10-12H2,1H3. The fraction of sp³-hybridized carbons (Fsp3) is 0.250. The van der Waals surface area contributed by atoms with Crippen molar-refractivity contribution in [2.24, 2.45) is 0 Å². The Labute approximate surface area is 132 Å². The van der Waals surface area contributed by atoms with Crippen LogP contribution in [0.5, 0.6) is 0 Å². The van der Waals surface area contributed by atoms with Gasteiger partial charge in [0, 0.05) is 29.7 Å². The van der Waals surface area contributed by atoms with E-state index in [4.69, 9.17) is 0 Å². The highest BCUT2D eigenvalue weighted by molar-refractivity contribution is 9.10. The molecule has 0 aliphatic rings. The van der Waals surface area contributed by atoms with E-state index in [1.807, 2.05) is 30.3 Å². The van der Waals surface area contributed by atoms with Gasteiger partial charge in [0.25, 0.3) is 5.69 Å². The van der Waals surface area contributed by atoms with E-state index in [1.165, 1.54) is 5.56 Å². The minimum atomic E-state index is -0.372. The Morgan fingerprint density at radius 3 is 2.43 bits per heavy atom. The van der Waals surface area contributed by atoms with Gasteiger partial charge in [-0.05, 0) is 30.7 Å². The van der Waals surface area contributed by atoms with Gasteiger partial charge in [-0.2, -0.15) is 0 Å². The molecule has 0 amide bonds. The third-order valence-corrected chi connectivity index (χ3v) is 4.10. The van der Waals surface area contributed by atoms with Crippen LogP contribution in [0.2, 0.25) is 0 Å². The van der Waals surface area contributed by atoms with Crippen LogP contribution in [-0.2, 0) is 13.0 Å². The molecule has 0 spiro atoms. The number of halogens is 1. The maximum Gasteiger partial charge on any atom is 0.269 e. The van der Waals surface area contributed by atoms with Crippen molar-refractivity contribution in [3.05, 3.63) is 74.2 Å². The van der Waals surface area contributed by atoms with E-state index < -0.39 is 0 Å². The monoisotopic (exact) mass is 348 g/mol. The quantitative estimate of drug-likeness (QED) is 0.584. The molecule has 0 aliphatic carbocycles. The summed E-state index contributed by atoms with van der Waals surface area (Å²) in [7, 11) is 2.07. The average Bonchev–Trinajstić information content (AvgIpc) is 2.48. The van der Waals surface area contributed by atoms with Crippen molar-refractivity contribution in [2.45, 2.75) is 13.0 Å². The number of rotatable bonds is 6. The summed E-state index contributed by atoms with van der Waals surface area (Å²) in [6.45, 7) is 1.77. The summed E-state index contributed by atoms with van der Waals surface area (Å²) in [4.78, 5) is 12.5. The molecule has 5 heteroatoms. The van der Waals surface area contributed by atoms with Crippen molar-refractivity contribution in [1.29, 1.82) is 0 Å². The number of benzene rings is 2. The molecule has 110 valence electrons. The molecule has 2 rings (SSSR count). The van der Waals surface area contributed by atoms with Gasteiger partial charge in [0.05, 0.1) is 4.92 Å².